The summed E-state index contributed by atoms with van der Waals surface area (Å²) in [6.45, 7) is 8.33. The SMILES string of the molecule is CC.CN1CCC2CN(CCN2)c2nc(nc3c(F)c(-c4cc(O)cc5cccc(F)c45)ncc23)OCC23CCCN2CC(C3)OCC1=O. The number of carbonyl (C=O) groups excluding carboxylic acids is 1. The van der Waals surface area contributed by atoms with Gasteiger partial charge in [-0.15, -0.1) is 0 Å². The first-order valence-electron chi connectivity index (χ1n) is 17.3. The molecule has 0 saturated carbocycles. The smallest absolute Gasteiger partial charge is 0.319 e. The second kappa shape index (κ2) is 13.6. The molecule has 1 amide bonds. The number of amides is 1. The minimum absolute atomic E-state index is 0.00886. The number of nitrogens with zero attached hydrogens (tertiary/aromatic N) is 6. The van der Waals surface area contributed by atoms with Crippen molar-refractivity contribution in [3.63, 3.8) is 0 Å². The zero-order valence-electron chi connectivity index (χ0n) is 28.2. The lowest BCUT2D eigenvalue weighted by molar-refractivity contribution is -0.136. The summed E-state index contributed by atoms with van der Waals surface area (Å²) in [4.78, 5) is 33.0. The molecule has 8 rings (SSSR count). The van der Waals surface area contributed by atoms with E-state index in [1.165, 1.54) is 24.4 Å². The van der Waals surface area contributed by atoms with Crippen LogP contribution in [-0.4, -0.2) is 113 Å². The van der Waals surface area contributed by atoms with E-state index in [9.17, 15) is 9.90 Å². The number of anilines is 1. The van der Waals surface area contributed by atoms with Gasteiger partial charge in [-0.1, -0.05) is 26.0 Å². The van der Waals surface area contributed by atoms with Gasteiger partial charge in [0, 0.05) is 63.0 Å². The van der Waals surface area contributed by atoms with Crippen LogP contribution >= 0.6 is 0 Å². The third kappa shape index (κ3) is 6.23. The van der Waals surface area contributed by atoms with Crippen molar-refractivity contribution in [2.24, 2.45) is 0 Å². The summed E-state index contributed by atoms with van der Waals surface area (Å²) in [5, 5.41) is 15.0. The minimum atomic E-state index is -0.751. The number of fused-ring (bicyclic) bond motifs is 9. The van der Waals surface area contributed by atoms with Gasteiger partial charge in [0.15, 0.2) is 5.82 Å². The van der Waals surface area contributed by atoms with E-state index >= 15 is 8.78 Å². The number of rotatable bonds is 1. The van der Waals surface area contributed by atoms with Gasteiger partial charge in [0.05, 0.1) is 17.0 Å². The average Bonchev–Trinajstić information content (AvgIpc) is 3.66. The number of pyridine rings is 1. The number of phenolic OH excluding ortho intramolecular Hbond substituents is 1. The standard InChI is InChI=1S/C34H37F2N7O4.C2H6/c1-41-10-6-21-16-42(11-8-37-21)32-25-15-38-30(24-13-22(44)12-20-4-2-5-26(35)28(20)24)29(36)31(25)39-33(40-32)47-19-34-7-3-9-43(34)17-23(14-34)46-18-27(41)45;1-2/h2,4-5,12-13,15,21,23,37,44H,3,6-11,14,16-19H2,1H3;1-2H3. The number of aromatic nitrogens is 3. The van der Waals surface area contributed by atoms with Crippen LogP contribution in [0.3, 0.4) is 0 Å². The van der Waals surface area contributed by atoms with Crippen molar-refractivity contribution < 1.29 is 28.2 Å². The average molecular weight is 676 g/mol. The van der Waals surface area contributed by atoms with Crippen molar-refractivity contribution in [1.82, 2.24) is 30.1 Å². The highest BCUT2D eigenvalue weighted by molar-refractivity contribution is 6.00. The second-order valence-corrected chi connectivity index (χ2v) is 13.2. The Bertz CT molecular complexity index is 1880. The molecular weight excluding hydrogens is 632 g/mol. The summed E-state index contributed by atoms with van der Waals surface area (Å²) in [6, 6.07) is 7.36. The Kier molecular flexibility index (Phi) is 9.25. The normalized spacial score (nSPS) is 24.7. The third-order valence-electron chi connectivity index (χ3n) is 10.3. The molecule has 2 aromatic heterocycles. The van der Waals surface area contributed by atoms with E-state index in [-0.39, 0.29) is 70.7 Å². The molecule has 0 aliphatic carbocycles. The quantitative estimate of drug-likeness (QED) is 0.299. The minimum Gasteiger partial charge on any atom is -0.508 e. The van der Waals surface area contributed by atoms with E-state index in [0.717, 1.165) is 19.4 Å². The van der Waals surface area contributed by atoms with Crippen molar-refractivity contribution in [3.8, 4) is 23.0 Å². The van der Waals surface area contributed by atoms with Crippen LogP contribution in [-0.2, 0) is 9.53 Å². The maximum absolute atomic E-state index is 16.7. The molecule has 4 aromatic rings. The Morgan fingerprint density at radius 1 is 1.10 bits per heavy atom. The van der Waals surface area contributed by atoms with Crippen LogP contribution in [0.5, 0.6) is 11.8 Å². The molecule has 6 heterocycles. The van der Waals surface area contributed by atoms with Gasteiger partial charge in [-0.25, -0.2) is 8.78 Å². The Balaban J connectivity index is 0.00000186. The van der Waals surface area contributed by atoms with Crippen LogP contribution in [0.25, 0.3) is 32.9 Å². The van der Waals surface area contributed by atoms with E-state index in [4.69, 9.17) is 14.5 Å². The number of benzene rings is 2. The number of halogens is 2. The monoisotopic (exact) mass is 675 g/mol. The van der Waals surface area contributed by atoms with Gasteiger partial charge >= 0.3 is 6.01 Å². The molecule has 4 aliphatic heterocycles. The molecule has 3 saturated heterocycles. The predicted molar refractivity (Wildman–Crippen MR) is 183 cm³/mol. The van der Waals surface area contributed by atoms with Gasteiger partial charge in [0.1, 0.15) is 41.8 Å². The number of nitrogens with one attached hydrogen (secondary N) is 1. The summed E-state index contributed by atoms with van der Waals surface area (Å²) in [5.41, 5.74) is -0.287. The zero-order valence-corrected chi connectivity index (χ0v) is 28.2. The van der Waals surface area contributed by atoms with E-state index in [0.29, 0.717) is 62.2 Å². The lowest BCUT2D eigenvalue weighted by atomic mass is 9.94. The molecule has 13 heteroatoms. The first-order valence-corrected chi connectivity index (χ1v) is 17.3. The van der Waals surface area contributed by atoms with Gasteiger partial charge < -0.3 is 29.7 Å². The van der Waals surface area contributed by atoms with E-state index in [1.54, 1.807) is 24.1 Å². The van der Waals surface area contributed by atoms with Crippen LogP contribution in [0.15, 0.2) is 36.5 Å². The molecule has 2 aromatic carbocycles. The van der Waals surface area contributed by atoms with E-state index < -0.39 is 11.6 Å². The molecule has 4 aliphatic rings. The van der Waals surface area contributed by atoms with Gasteiger partial charge in [-0.3, -0.25) is 14.7 Å². The van der Waals surface area contributed by atoms with Gasteiger partial charge in [0.25, 0.3) is 0 Å². The van der Waals surface area contributed by atoms with Crippen LogP contribution in [0.2, 0.25) is 0 Å². The maximum Gasteiger partial charge on any atom is 0.319 e. The number of ether oxygens (including phenoxy) is 2. The van der Waals surface area contributed by atoms with Gasteiger partial charge in [0.2, 0.25) is 5.91 Å². The number of aromatic hydroxyl groups is 1. The summed E-state index contributed by atoms with van der Waals surface area (Å²) in [5.74, 6) is -0.968. The molecule has 2 N–H and O–H groups in total. The summed E-state index contributed by atoms with van der Waals surface area (Å²) in [7, 11) is 1.81. The van der Waals surface area contributed by atoms with Crippen LogP contribution < -0.4 is 15.0 Å². The first-order chi connectivity index (χ1) is 23.8. The fourth-order valence-corrected chi connectivity index (χ4v) is 7.83. The molecule has 6 bridgehead atoms. The van der Waals surface area contributed by atoms with Crippen molar-refractivity contribution >= 4 is 33.4 Å². The zero-order chi connectivity index (χ0) is 34.3. The molecular formula is C36H43F2N7O4. The van der Waals surface area contributed by atoms with Crippen molar-refractivity contribution in [1.29, 1.82) is 0 Å². The van der Waals surface area contributed by atoms with Crippen molar-refractivity contribution in [2.45, 2.75) is 57.2 Å². The van der Waals surface area contributed by atoms with Crippen molar-refractivity contribution in [3.05, 3.63) is 48.2 Å². The van der Waals surface area contributed by atoms with Crippen molar-refractivity contribution in [2.75, 3.05) is 64.4 Å². The highest BCUT2D eigenvalue weighted by atomic mass is 19.1. The molecule has 1 spiro atoms. The molecule has 11 nitrogen and oxygen atoms in total. The number of hydrogen-bond acceptors (Lipinski definition) is 10. The molecule has 3 atom stereocenters. The molecule has 49 heavy (non-hydrogen) atoms. The number of likely N-dealkylation sites (N-methyl/N-ethyl adjacent to an activating group) is 1. The van der Waals surface area contributed by atoms with Crippen LogP contribution in [0.1, 0.15) is 39.5 Å². The second-order valence-electron chi connectivity index (χ2n) is 13.2. The lowest BCUT2D eigenvalue weighted by Gasteiger charge is -2.36. The lowest BCUT2D eigenvalue weighted by Crippen LogP contribution is -2.52. The van der Waals surface area contributed by atoms with E-state index in [1.807, 2.05) is 13.8 Å². The van der Waals surface area contributed by atoms with Gasteiger partial charge in [-0.2, -0.15) is 9.97 Å². The summed E-state index contributed by atoms with van der Waals surface area (Å²) >= 11 is 0. The fraction of sp³-hybridized carbons (Fsp3) is 0.500. The molecule has 3 fully saturated rings. The Morgan fingerprint density at radius 2 is 1.96 bits per heavy atom. The Morgan fingerprint density at radius 3 is 2.82 bits per heavy atom. The third-order valence-corrected chi connectivity index (χ3v) is 10.3. The largest absolute Gasteiger partial charge is 0.508 e. The molecule has 3 unspecified atom stereocenters. The predicted octanol–water partition coefficient (Wildman–Crippen LogP) is 4.50. The number of hydrogen-bond donors (Lipinski definition) is 2. The first kappa shape index (κ1) is 33.3. The Hall–Kier alpha value is -4.20. The summed E-state index contributed by atoms with van der Waals surface area (Å²) in [6.07, 6.45) is 4.75. The fourth-order valence-electron chi connectivity index (χ4n) is 7.83. The summed E-state index contributed by atoms with van der Waals surface area (Å²) < 4.78 is 44.4. The molecule has 260 valence electrons. The molecule has 0 radical (unpaired) electrons. The maximum atomic E-state index is 16.7. The topological polar surface area (TPSA) is 116 Å². The number of carbonyl (C=O) groups is 1. The Labute approximate surface area is 284 Å². The van der Waals surface area contributed by atoms with Gasteiger partial charge in [-0.05, 0) is 55.8 Å². The number of piperazine rings is 1. The number of phenols is 1. The van der Waals surface area contributed by atoms with Crippen LogP contribution in [0.4, 0.5) is 14.6 Å². The highest BCUT2D eigenvalue weighted by Gasteiger charge is 2.50. The van der Waals surface area contributed by atoms with Crippen LogP contribution in [0, 0.1) is 11.6 Å². The van der Waals surface area contributed by atoms with E-state index in [2.05, 4.69) is 25.1 Å². The highest BCUT2D eigenvalue weighted by Crippen LogP contribution is 2.41.